The fourth-order valence-corrected chi connectivity index (χ4v) is 9.09. The van der Waals surface area contributed by atoms with Gasteiger partial charge in [0.2, 0.25) is 0 Å². The lowest BCUT2D eigenvalue weighted by atomic mass is 9.63. The molecule has 3 aliphatic rings. The Labute approximate surface area is 235 Å². The van der Waals surface area contributed by atoms with E-state index in [2.05, 4.69) is 34.8 Å². The molecule has 0 aromatic carbocycles. The van der Waals surface area contributed by atoms with E-state index in [0.717, 1.165) is 84.4 Å². The number of hydrogen-bond acceptors (Lipinski definition) is 10. The lowest BCUT2D eigenvalue weighted by Gasteiger charge is -2.39. The van der Waals surface area contributed by atoms with Crippen LogP contribution in [0.25, 0.3) is 22.6 Å². The zero-order valence-electron chi connectivity index (χ0n) is 22.5. The normalized spacial score (nSPS) is 23.7. The van der Waals surface area contributed by atoms with Gasteiger partial charge in [0, 0.05) is 16.5 Å². The van der Waals surface area contributed by atoms with Gasteiger partial charge in [-0.25, -0.2) is 14.6 Å². The smallest absolute Gasteiger partial charge is 0.185 e. The van der Waals surface area contributed by atoms with Crippen molar-refractivity contribution in [3.63, 3.8) is 0 Å². The fraction of sp³-hybridized carbons (Fsp3) is 0.536. The molecule has 0 saturated carbocycles. The molecule has 2 N–H and O–H groups in total. The number of nitrogens with two attached hydrogens (primary N) is 1. The highest BCUT2D eigenvalue weighted by atomic mass is 32.2. The number of likely N-dealkylation sites (N-methyl/N-ethyl adjacent to an activating group) is 1. The fourth-order valence-electron chi connectivity index (χ4n) is 7.38. The van der Waals surface area contributed by atoms with Crippen molar-refractivity contribution >= 4 is 39.1 Å². The second-order valence-corrected chi connectivity index (χ2v) is 13.1. The summed E-state index contributed by atoms with van der Waals surface area (Å²) < 4.78 is 8.30. The van der Waals surface area contributed by atoms with Crippen LogP contribution in [0.5, 0.6) is 0 Å². The molecule has 1 spiro atoms. The second-order valence-electron chi connectivity index (χ2n) is 11.2. The van der Waals surface area contributed by atoms with Gasteiger partial charge in [-0.15, -0.1) is 23.1 Å². The van der Waals surface area contributed by atoms with Crippen molar-refractivity contribution in [2.24, 2.45) is 0 Å². The van der Waals surface area contributed by atoms with Crippen molar-refractivity contribution in [1.29, 1.82) is 5.26 Å². The van der Waals surface area contributed by atoms with Crippen molar-refractivity contribution < 1.29 is 4.52 Å². The highest BCUT2D eigenvalue weighted by molar-refractivity contribution is 7.98. The maximum atomic E-state index is 10.0. The average Bonchev–Trinajstić information content (AvgIpc) is 3.72. The zero-order chi connectivity index (χ0) is 26.9. The number of thioether (sulfide) groups is 1. The summed E-state index contributed by atoms with van der Waals surface area (Å²) in [5.74, 6) is 1.46. The molecule has 4 aromatic heterocycles. The predicted octanol–water partition coefficient (Wildman–Crippen LogP) is 5.33. The van der Waals surface area contributed by atoms with E-state index in [4.69, 9.17) is 25.3 Å². The zero-order valence-corrected chi connectivity index (χ0v) is 24.2. The Morgan fingerprint density at radius 2 is 2.08 bits per heavy atom. The number of thiophene rings is 1. The number of nitriles is 1. The van der Waals surface area contributed by atoms with Gasteiger partial charge < -0.3 is 15.2 Å². The summed E-state index contributed by atoms with van der Waals surface area (Å²) in [4.78, 5) is 13.7. The number of aromatic nitrogens is 5. The second kappa shape index (κ2) is 9.32. The summed E-state index contributed by atoms with van der Waals surface area (Å²) in [6.45, 7) is 3.35. The van der Waals surface area contributed by atoms with Gasteiger partial charge in [0.1, 0.15) is 16.1 Å². The summed E-state index contributed by atoms with van der Waals surface area (Å²) in [6, 6.07) is 3.02. The molecule has 11 heteroatoms. The van der Waals surface area contributed by atoms with Gasteiger partial charge in [0.25, 0.3) is 0 Å². The quantitative estimate of drug-likeness (QED) is 0.260. The Balaban J connectivity index is 1.37. The van der Waals surface area contributed by atoms with E-state index in [1.54, 1.807) is 23.1 Å². The number of anilines is 1. The summed E-state index contributed by atoms with van der Waals surface area (Å²) in [6.07, 6.45) is 12.0. The van der Waals surface area contributed by atoms with Crippen molar-refractivity contribution in [3.8, 4) is 17.6 Å². The molecule has 2 aliphatic carbocycles. The summed E-state index contributed by atoms with van der Waals surface area (Å²) >= 11 is 3.16. The molecule has 1 saturated heterocycles. The largest absolute Gasteiger partial charge is 0.389 e. The Bertz CT molecular complexity index is 1630. The third-order valence-electron chi connectivity index (χ3n) is 9.20. The molecular weight excluding hydrogens is 528 g/mol. The summed E-state index contributed by atoms with van der Waals surface area (Å²) in [5, 5.41) is 21.9. The Kier molecular flexibility index (Phi) is 5.99. The lowest BCUT2D eigenvalue weighted by Crippen LogP contribution is -2.35. The molecule has 202 valence electrons. The number of likely N-dealkylation sites (tertiary alicyclic amines) is 1. The van der Waals surface area contributed by atoms with Gasteiger partial charge in [0.15, 0.2) is 22.9 Å². The maximum Gasteiger partial charge on any atom is 0.185 e. The lowest BCUT2D eigenvalue weighted by molar-refractivity contribution is 0.232. The SMILES string of the molecule is CSc1nc(-c2noc3c2CCCC32CCCc3sc(N)c(C#N)c32)nc2c1cnn2C(C)C1CCCN1C. The first-order chi connectivity index (χ1) is 19.0. The van der Waals surface area contributed by atoms with Crippen molar-refractivity contribution in [1.82, 2.24) is 29.8 Å². The molecule has 1 aliphatic heterocycles. The van der Waals surface area contributed by atoms with E-state index < -0.39 is 0 Å². The van der Waals surface area contributed by atoms with Crippen LogP contribution < -0.4 is 5.73 Å². The van der Waals surface area contributed by atoms with E-state index >= 15 is 0 Å². The Morgan fingerprint density at radius 1 is 1.26 bits per heavy atom. The molecule has 0 radical (unpaired) electrons. The third-order valence-corrected chi connectivity index (χ3v) is 11.0. The molecule has 0 amide bonds. The molecule has 3 unspecified atom stereocenters. The van der Waals surface area contributed by atoms with Crippen molar-refractivity contribution in [3.05, 3.63) is 33.5 Å². The van der Waals surface area contributed by atoms with E-state index in [1.807, 2.05) is 12.5 Å². The maximum absolute atomic E-state index is 10.0. The van der Waals surface area contributed by atoms with E-state index in [0.29, 0.717) is 28.1 Å². The molecule has 39 heavy (non-hydrogen) atoms. The average molecular weight is 561 g/mol. The number of aryl methyl sites for hydroxylation is 1. The molecule has 1 fully saturated rings. The van der Waals surface area contributed by atoms with Crippen LogP contribution in [0.4, 0.5) is 5.00 Å². The molecule has 3 atom stereocenters. The van der Waals surface area contributed by atoms with Crippen LogP contribution in [0, 0.1) is 11.3 Å². The first-order valence-corrected chi connectivity index (χ1v) is 15.8. The van der Waals surface area contributed by atoms with E-state index in [-0.39, 0.29) is 11.5 Å². The van der Waals surface area contributed by atoms with Crippen molar-refractivity contribution in [2.75, 3.05) is 25.6 Å². The molecule has 0 bridgehead atoms. The molecule has 9 nitrogen and oxygen atoms in total. The van der Waals surface area contributed by atoms with Gasteiger partial charge in [-0.1, -0.05) is 5.16 Å². The molecule has 7 rings (SSSR count). The molecule has 5 heterocycles. The highest BCUT2D eigenvalue weighted by Crippen LogP contribution is 2.55. The van der Waals surface area contributed by atoms with Gasteiger partial charge in [-0.2, -0.15) is 10.4 Å². The van der Waals surface area contributed by atoms with Gasteiger partial charge >= 0.3 is 0 Å². The number of nitrogens with zero attached hydrogens (tertiary/aromatic N) is 7. The first kappa shape index (κ1) is 25.1. The van der Waals surface area contributed by atoms with Crippen LogP contribution in [0.3, 0.4) is 0 Å². The van der Waals surface area contributed by atoms with Gasteiger partial charge in [-0.3, -0.25) is 0 Å². The van der Waals surface area contributed by atoms with Crippen LogP contribution >= 0.6 is 23.1 Å². The summed E-state index contributed by atoms with van der Waals surface area (Å²) in [7, 11) is 2.20. The molecular formula is C28H32N8OS2. The third kappa shape index (κ3) is 3.61. The van der Waals surface area contributed by atoms with Crippen LogP contribution in [0.1, 0.15) is 78.8 Å². The number of fused-ring (bicyclic) bond motifs is 5. The summed E-state index contributed by atoms with van der Waals surface area (Å²) in [5.41, 5.74) is 10.3. The van der Waals surface area contributed by atoms with Gasteiger partial charge in [-0.05, 0) is 83.7 Å². The molecule has 4 aromatic rings. The van der Waals surface area contributed by atoms with Gasteiger partial charge in [0.05, 0.1) is 28.6 Å². The Morgan fingerprint density at radius 3 is 2.82 bits per heavy atom. The van der Waals surface area contributed by atoms with E-state index in [9.17, 15) is 5.26 Å². The minimum Gasteiger partial charge on any atom is -0.389 e. The number of nitrogen functional groups attached to an aromatic ring is 1. The monoisotopic (exact) mass is 560 g/mol. The van der Waals surface area contributed by atoms with Crippen molar-refractivity contribution in [2.45, 2.75) is 80.8 Å². The standard InChI is InChI=1S/C28H32N8OS2/c1-15(19-8-6-12-35(19)2)36-26-18(14-31-36)27(38-3)33-25(32-26)22-16-7-4-10-28(23(16)37-34-22)11-5-9-20-21(28)17(13-29)24(30)39-20/h14-15,19H,4-12,30H2,1-3H3. The topological polar surface area (TPSA) is 123 Å². The number of hydrogen-bond donors (Lipinski definition) is 1. The predicted molar refractivity (Wildman–Crippen MR) is 153 cm³/mol. The first-order valence-electron chi connectivity index (χ1n) is 13.8. The van der Waals surface area contributed by atoms with Crippen LogP contribution in [-0.4, -0.2) is 55.7 Å². The highest BCUT2D eigenvalue weighted by Gasteiger charge is 2.48. The van der Waals surface area contributed by atoms with Crippen LogP contribution in [0.2, 0.25) is 0 Å². The van der Waals surface area contributed by atoms with Crippen LogP contribution in [-0.2, 0) is 18.3 Å². The Hall–Kier alpha value is -2.94. The minimum absolute atomic E-state index is 0.191. The minimum atomic E-state index is -0.360. The van der Waals surface area contributed by atoms with E-state index in [1.165, 1.54) is 11.3 Å². The number of rotatable bonds is 4. The van der Waals surface area contributed by atoms with Crippen LogP contribution in [0.15, 0.2) is 15.7 Å².